The quantitative estimate of drug-likeness (QED) is 0.737. The first kappa shape index (κ1) is 17.6. The summed E-state index contributed by atoms with van der Waals surface area (Å²) in [7, 11) is -3.54. The van der Waals surface area contributed by atoms with Crippen LogP contribution in [-0.4, -0.2) is 23.2 Å². The molecule has 3 aromatic rings. The lowest BCUT2D eigenvalue weighted by Crippen LogP contribution is -2.28. The van der Waals surface area contributed by atoms with Gasteiger partial charge in [0.25, 0.3) is 0 Å². The van der Waals surface area contributed by atoms with E-state index in [1.165, 1.54) is 11.9 Å². The maximum Gasteiger partial charge on any atom is 0.237 e. The summed E-state index contributed by atoms with van der Waals surface area (Å²) in [6.45, 7) is 1.85. The lowest BCUT2D eigenvalue weighted by Gasteiger charge is -2.20. The molecule has 1 aromatic heterocycles. The molecular weight excluding hydrogens is 360 g/mol. The second kappa shape index (κ2) is 7.09. The van der Waals surface area contributed by atoms with Crippen LogP contribution in [0.15, 0.2) is 66.1 Å². The highest BCUT2D eigenvalue weighted by Crippen LogP contribution is 2.27. The summed E-state index contributed by atoms with van der Waals surface area (Å²) in [6.07, 6.45) is 6.13. The van der Waals surface area contributed by atoms with Gasteiger partial charge in [0.1, 0.15) is 12.7 Å². The average Bonchev–Trinajstić information content (AvgIpc) is 3.22. The van der Waals surface area contributed by atoms with Crippen LogP contribution in [0.2, 0.25) is 0 Å². The van der Waals surface area contributed by atoms with Crippen molar-refractivity contribution in [3.63, 3.8) is 0 Å². The molecule has 6 nitrogen and oxygen atoms in total. The molecule has 27 heavy (non-hydrogen) atoms. The van der Waals surface area contributed by atoms with Crippen molar-refractivity contribution < 1.29 is 8.42 Å². The minimum atomic E-state index is -3.54. The van der Waals surface area contributed by atoms with Crippen LogP contribution in [0.4, 0.5) is 0 Å². The number of sulfonamides is 1. The predicted octanol–water partition coefficient (Wildman–Crippen LogP) is 3.24. The Kier molecular flexibility index (Phi) is 4.63. The van der Waals surface area contributed by atoms with E-state index in [-0.39, 0.29) is 6.04 Å². The molecule has 0 saturated heterocycles. The van der Waals surface area contributed by atoms with E-state index in [0.717, 1.165) is 23.2 Å². The lowest BCUT2D eigenvalue weighted by atomic mass is 9.98. The summed E-state index contributed by atoms with van der Waals surface area (Å²) in [4.78, 5) is 4.36. The Morgan fingerprint density at radius 2 is 1.85 bits per heavy atom. The third-order valence-electron chi connectivity index (χ3n) is 4.77. The van der Waals surface area contributed by atoms with Crippen molar-refractivity contribution >= 4 is 16.1 Å². The molecule has 1 N–H and O–H groups in total. The Hall–Kier alpha value is -2.77. The van der Waals surface area contributed by atoms with Crippen molar-refractivity contribution in [2.45, 2.75) is 25.8 Å². The van der Waals surface area contributed by atoms with E-state index >= 15 is 0 Å². The van der Waals surface area contributed by atoms with Crippen LogP contribution in [0, 0.1) is 0 Å². The van der Waals surface area contributed by atoms with Crippen LogP contribution in [0.5, 0.6) is 0 Å². The summed E-state index contributed by atoms with van der Waals surface area (Å²) in [6, 6.07) is 15.2. The number of allylic oxidation sites excluding steroid dienone is 1. The van der Waals surface area contributed by atoms with Crippen LogP contribution in [0.25, 0.3) is 11.8 Å². The number of hydrogen-bond donors (Lipinski definition) is 1. The third-order valence-corrected chi connectivity index (χ3v) is 6.44. The minimum Gasteiger partial charge on any atom is -0.223 e. The highest BCUT2D eigenvalue weighted by Gasteiger charge is 2.23. The Bertz CT molecular complexity index is 1070. The van der Waals surface area contributed by atoms with Crippen molar-refractivity contribution in [1.82, 2.24) is 19.5 Å². The minimum absolute atomic E-state index is 0.335. The van der Waals surface area contributed by atoms with E-state index in [0.29, 0.717) is 11.3 Å². The van der Waals surface area contributed by atoms with Crippen LogP contribution in [0.1, 0.15) is 36.1 Å². The molecule has 0 bridgehead atoms. The van der Waals surface area contributed by atoms with Gasteiger partial charge in [0, 0.05) is 6.04 Å². The Morgan fingerprint density at radius 3 is 2.59 bits per heavy atom. The highest BCUT2D eigenvalue weighted by atomic mass is 32.2. The second-order valence-corrected chi connectivity index (χ2v) is 8.35. The van der Waals surface area contributed by atoms with Gasteiger partial charge in [0.15, 0.2) is 0 Å². The van der Waals surface area contributed by atoms with Gasteiger partial charge in [-0.3, -0.25) is 0 Å². The van der Waals surface area contributed by atoms with E-state index < -0.39 is 10.0 Å². The van der Waals surface area contributed by atoms with E-state index in [2.05, 4.69) is 14.8 Å². The van der Waals surface area contributed by atoms with Gasteiger partial charge in [-0.1, -0.05) is 36.4 Å². The molecule has 1 aliphatic carbocycles. The fraction of sp³-hybridized carbons (Fsp3) is 0.200. The fourth-order valence-corrected chi connectivity index (χ4v) is 4.66. The smallest absolute Gasteiger partial charge is 0.223 e. The van der Waals surface area contributed by atoms with Gasteiger partial charge in [-0.15, -0.1) is 0 Å². The SMILES string of the molecule is C[C@@H](NS(=O)(=O)C1=Cc2ccccc2CC1)c1ccc(-n2cncn2)cc1. The highest BCUT2D eigenvalue weighted by molar-refractivity contribution is 7.93. The lowest BCUT2D eigenvalue weighted by molar-refractivity contribution is 0.571. The number of nitrogens with zero attached hydrogens (tertiary/aromatic N) is 3. The van der Waals surface area contributed by atoms with Crippen LogP contribution in [-0.2, 0) is 16.4 Å². The molecule has 0 spiro atoms. The van der Waals surface area contributed by atoms with Gasteiger partial charge in [-0.2, -0.15) is 5.10 Å². The Balaban J connectivity index is 1.52. The van der Waals surface area contributed by atoms with Crippen molar-refractivity contribution in [3.05, 3.63) is 82.8 Å². The van der Waals surface area contributed by atoms with Gasteiger partial charge in [-0.25, -0.2) is 22.8 Å². The Morgan fingerprint density at radius 1 is 1.07 bits per heavy atom. The molecule has 0 aliphatic heterocycles. The topological polar surface area (TPSA) is 76.9 Å². The molecule has 2 aromatic carbocycles. The Labute approximate surface area is 158 Å². The number of hydrogen-bond acceptors (Lipinski definition) is 4. The number of fused-ring (bicyclic) bond motifs is 1. The van der Waals surface area contributed by atoms with E-state index in [1.54, 1.807) is 17.1 Å². The third kappa shape index (κ3) is 3.70. The molecule has 0 unspecified atom stereocenters. The molecule has 1 heterocycles. The van der Waals surface area contributed by atoms with Gasteiger partial charge >= 0.3 is 0 Å². The van der Waals surface area contributed by atoms with E-state index in [9.17, 15) is 8.42 Å². The number of rotatable bonds is 5. The molecule has 0 amide bonds. The van der Waals surface area contributed by atoms with Crippen molar-refractivity contribution in [2.24, 2.45) is 0 Å². The zero-order valence-corrected chi connectivity index (χ0v) is 15.7. The van der Waals surface area contributed by atoms with Crippen LogP contribution in [0.3, 0.4) is 0 Å². The van der Waals surface area contributed by atoms with Crippen molar-refractivity contribution in [1.29, 1.82) is 0 Å². The molecule has 138 valence electrons. The van der Waals surface area contributed by atoms with Crippen LogP contribution < -0.4 is 4.72 Å². The molecule has 0 saturated carbocycles. The number of benzene rings is 2. The molecule has 1 aliphatic rings. The zero-order chi connectivity index (χ0) is 18.9. The number of aryl methyl sites for hydroxylation is 1. The van der Waals surface area contributed by atoms with E-state index in [1.807, 2.05) is 55.5 Å². The second-order valence-electron chi connectivity index (χ2n) is 6.58. The predicted molar refractivity (Wildman–Crippen MR) is 105 cm³/mol. The van der Waals surface area contributed by atoms with Crippen LogP contribution >= 0.6 is 0 Å². The standard InChI is InChI=1S/C20H20N4O2S/c1-15(16-6-9-19(10-7-16)24-14-21-13-22-24)23-27(25,26)20-11-8-17-4-2-3-5-18(17)12-20/h2-7,9-10,12-15,23H,8,11H2,1H3/t15-/m1/s1. The summed E-state index contributed by atoms with van der Waals surface area (Å²) in [5, 5.41) is 4.09. The number of aromatic nitrogens is 3. The molecular formula is C20H20N4O2S. The maximum atomic E-state index is 12.8. The van der Waals surface area contributed by atoms with Gasteiger partial charge in [0.2, 0.25) is 10.0 Å². The summed E-state index contributed by atoms with van der Waals surface area (Å²) in [5.41, 5.74) is 3.93. The first-order valence-electron chi connectivity index (χ1n) is 8.79. The van der Waals surface area contributed by atoms with Gasteiger partial charge < -0.3 is 0 Å². The molecule has 4 rings (SSSR count). The first-order valence-corrected chi connectivity index (χ1v) is 10.3. The molecule has 0 fully saturated rings. The molecule has 7 heteroatoms. The van der Waals surface area contributed by atoms with Crippen molar-refractivity contribution in [3.8, 4) is 5.69 Å². The monoisotopic (exact) mass is 380 g/mol. The summed E-state index contributed by atoms with van der Waals surface area (Å²) >= 11 is 0. The molecule has 1 atom stereocenters. The van der Waals surface area contributed by atoms with Gasteiger partial charge in [0.05, 0.1) is 10.6 Å². The number of nitrogens with one attached hydrogen (secondary N) is 1. The van der Waals surface area contributed by atoms with Gasteiger partial charge in [-0.05, 0) is 54.7 Å². The summed E-state index contributed by atoms with van der Waals surface area (Å²) in [5.74, 6) is 0. The zero-order valence-electron chi connectivity index (χ0n) is 14.9. The molecule has 0 radical (unpaired) electrons. The summed E-state index contributed by atoms with van der Waals surface area (Å²) < 4.78 is 30.1. The normalized spacial score (nSPS) is 15.1. The fourth-order valence-electron chi connectivity index (χ4n) is 3.25. The largest absolute Gasteiger partial charge is 0.237 e. The maximum absolute atomic E-state index is 12.8. The first-order chi connectivity index (χ1) is 13.0. The average molecular weight is 380 g/mol. The van der Waals surface area contributed by atoms with E-state index in [4.69, 9.17) is 0 Å². The van der Waals surface area contributed by atoms with Crippen molar-refractivity contribution in [2.75, 3.05) is 0 Å².